The number of nitriles is 1. The van der Waals surface area contributed by atoms with Gasteiger partial charge in [0.05, 0.1) is 11.3 Å². The van der Waals surface area contributed by atoms with Crippen molar-refractivity contribution in [1.82, 2.24) is 0 Å². The van der Waals surface area contributed by atoms with E-state index in [1.807, 2.05) is 29.7 Å². The van der Waals surface area contributed by atoms with Gasteiger partial charge in [-0.1, -0.05) is 24.8 Å². The molecule has 4 heterocycles. The lowest BCUT2D eigenvalue weighted by Gasteiger charge is -2.10. The highest BCUT2D eigenvalue weighted by atomic mass is 32.1. The van der Waals surface area contributed by atoms with Gasteiger partial charge in [-0.25, -0.2) is 0 Å². The molecule has 0 saturated carbocycles. The molecule has 150 valence electrons. The first-order valence-corrected chi connectivity index (χ1v) is 12.0. The summed E-state index contributed by atoms with van der Waals surface area (Å²) in [5, 5.41) is 11.5. The van der Waals surface area contributed by atoms with Crippen molar-refractivity contribution >= 4 is 62.8 Å². The highest BCUT2D eigenvalue weighted by Gasteiger charge is 2.28. The molecule has 1 aliphatic heterocycles. The second kappa shape index (κ2) is 7.78. The number of carbonyl (C=O) groups is 1. The second-order valence-electron chi connectivity index (χ2n) is 7.09. The summed E-state index contributed by atoms with van der Waals surface area (Å²) in [4.78, 5) is 19.4. The molecule has 0 saturated heterocycles. The molecule has 0 N–H and O–H groups in total. The lowest BCUT2D eigenvalue weighted by Crippen LogP contribution is -2.19. The van der Waals surface area contributed by atoms with Crippen LogP contribution in [0.25, 0.3) is 37.4 Å². The number of hydrogen-bond donors (Lipinski definition) is 0. The molecular formula is C25H16N2OS3. The third-order valence-electron chi connectivity index (χ3n) is 5.20. The number of thiophene rings is 3. The predicted octanol–water partition coefficient (Wildman–Crippen LogP) is 7.26. The maximum absolute atomic E-state index is 12.2. The van der Waals surface area contributed by atoms with E-state index >= 15 is 0 Å². The molecule has 1 aromatic carbocycles. The molecule has 4 aromatic rings. The standard InChI is InChI=1S/C25H16N2OS3/c1-15-19-7-5-16(13-20(19)27(2)25(15)28)22-9-10-24(31-22)23-8-6-18(30-23)12-17(14-26)21-4-3-11-29-21/h3-13H,1H2,2H3/b17-12+. The molecule has 0 spiro atoms. The van der Waals surface area contributed by atoms with Crippen molar-refractivity contribution in [1.29, 1.82) is 5.26 Å². The van der Waals surface area contributed by atoms with Crippen LogP contribution in [0.3, 0.4) is 0 Å². The molecule has 0 fully saturated rings. The van der Waals surface area contributed by atoms with Gasteiger partial charge in [-0.05, 0) is 53.4 Å². The summed E-state index contributed by atoms with van der Waals surface area (Å²) in [5.74, 6) is -0.0440. The number of rotatable bonds is 4. The molecule has 3 aromatic heterocycles. The van der Waals surface area contributed by atoms with Gasteiger partial charge in [-0.3, -0.25) is 4.79 Å². The average molecular weight is 457 g/mol. The normalized spacial score (nSPS) is 13.5. The van der Waals surface area contributed by atoms with E-state index in [1.54, 1.807) is 46.0 Å². The fraction of sp³-hybridized carbons (Fsp3) is 0.0400. The molecule has 0 bridgehead atoms. The first-order valence-electron chi connectivity index (χ1n) is 9.52. The summed E-state index contributed by atoms with van der Waals surface area (Å²) in [5.41, 5.74) is 4.14. The highest BCUT2D eigenvalue weighted by Crippen LogP contribution is 2.42. The van der Waals surface area contributed by atoms with Gasteiger partial charge in [0.1, 0.15) is 6.07 Å². The van der Waals surface area contributed by atoms with Crippen molar-refractivity contribution in [3.8, 4) is 26.3 Å². The smallest absolute Gasteiger partial charge is 0.258 e. The molecule has 1 aliphatic rings. The number of carbonyl (C=O) groups excluding carboxylic acids is 1. The van der Waals surface area contributed by atoms with Crippen LogP contribution in [0.4, 0.5) is 5.69 Å². The van der Waals surface area contributed by atoms with Crippen LogP contribution in [0, 0.1) is 11.3 Å². The van der Waals surface area contributed by atoms with Gasteiger partial charge in [-0.2, -0.15) is 5.26 Å². The first-order chi connectivity index (χ1) is 15.0. The number of likely N-dealkylation sites (N-methyl/N-ethyl adjacent to an activating group) is 1. The summed E-state index contributed by atoms with van der Waals surface area (Å²) in [6.45, 7) is 3.91. The summed E-state index contributed by atoms with van der Waals surface area (Å²) in [7, 11) is 1.79. The maximum Gasteiger partial charge on any atom is 0.258 e. The van der Waals surface area contributed by atoms with E-state index in [2.05, 4.69) is 49.0 Å². The van der Waals surface area contributed by atoms with Crippen molar-refractivity contribution in [2.24, 2.45) is 0 Å². The number of anilines is 1. The molecule has 1 amide bonds. The molecule has 0 aliphatic carbocycles. The Kier molecular flexibility index (Phi) is 4.95. The Hall–Kier alpha value is -3.24. The number of fused-ring (bicyclic) bond motifs is 1. The van der Waals surface area contributed by atoms with Gasteiger partial charge < -0.3 is 4.90 Å². The fourth-order valence-electron chi connectivity index (χ4n) is 3.57. The van der Waals surface area contributed by atoms with Crippen molar-refractivity contribution in [2.75, 3.05) is 11.9 Å². The van der Waals surface area contributed by atoms with Crippen LogP contribution < -0.4 is 4.90 Å². The second-order valence-corrected chi connectivity index (χ2v) is 10.2. The van der Waals surface area contributed by atoms with Gasteiger partial charge in [0.15, 0.2) is 0 Å². The quantitative estimate of drug-likeness (QED) is 0.240. The van der Waals surface area contributed by atoms with Gasteiger partial charge >= 0.3 is 0 Å². The Morgan fingerprint density at radius 1 is 1.06 bits per heavy atom. The first kappa shape index (κ1) is 19.7. The van der Waals surface area contributed by atoms with E-state index in [0.29, 0.717) is 11.1 Å². The molecule has 31 heavy (non-hydrogen) atoms. The number of hydrogen-bond acceptors (Lipinski definition) is 5. The number of amides is 1. The minimum atomic E-state index is -0.0440. The molecular weight excluding hydrogens is 440 g/mol. The Balaban J connectivity index is 1.43. The summed E-state index contributed by atoms with van der Waals surface area (Å²) in [6, 6.07) is 20.7. The Bertz CT molecular complexity index is 1400. The van der Waals surface area contributed by atoms with Crippen LogP contribution in [0.2, 0.25) is 0 Å². The minimum absolute atomic E-state index is 0.0440. The number of allylic oxidation sites excluding steroid dienone is 1. The zero-order valence-corrected chi connectivity index (χ0v) is 19.0. The van der Waals surface area contributed by atoms with Crippen LogP contribution in [0.1, 0.15) is 15.3 Å². The van der Waals surface area contributed by atoms with E-state index in [-0.39, 0.29) is 5.91 Å². The van der Waals surface area contributed by atoms with Gasteiger partial charge in [0, 0.05) is 42.6 Å². The Labute approximate surface area is 192 Å². The minimum Gasteiger partial charge on any atom is -0.311 e. The molecule has 0 atom stereocenters. The summed E-state index contributed by atoms with van der Waals surface area (Å²) < 4.78 is 0. The summed E-state index contributed by atoms with van der Waals surface area (Å²) in [6.07, 6.45) is 1.95. The van der Waals surface area contributed by atoms with Gasteiger partial charge in [0.2, 0.25) is 0 Å². The maximum atomic E-state index is 12.2. The largest absolute Gasteiger partial charge is 0.311 e. The van der Waals surface area contributed by atoms with E-state index in [9.17, 15) is 10.1 Å². The van der Waals surface area contributed by atoms with Crippen LogP contribution in [-0.2, 0) is 4.79 Å². The molecule has 6 heteroatoms. The topological polar surface area (TPSA) is 44.1 Å². The number of benzene rings is 1. The van der Waals surface area contributed by atoms with Crippen LogP contribution in [0.5, 0.6) is 0 Å². The zero-order valence-electron chi connectivity index (χ0n) is 16.6. The van der Waals surface area contributed by atoms with Crippen LogP contribution >= 0.6 is 34.0 Å². The van der Waals surface area contributed by atoms with Crippen molar-refractivity contribution in [3.63, 3.8) is 0 Å². The van der Waals surface area contributed by atoms with Crippen LogP contribution in [0.15, 0.2) is 66.6 Å². The predicted molar refractivity (Wildman–Crippen MR) is 133 cm³/mol. The fourth-order valence-corrected chi connectivity index (χ4v) is 6.30. The molecule has 0 unspecified atom stereocenters. The Morgan fingerprint density at radius 3 is 2.61 bits per heavy atom. The molecule has 5 rings (SSSR count). The zero-order chi connectivity index (χ0) is 21.5. The van der Waals surface area contributed by atoms with Crippen molar-refractivity contribution < 1.29 is 4.79 Å². The lowest BCUT2D eigenvalue weighted by molar-refractivity contribution is -0.112. The molecule has 0 radical (unpaired) electrons. The third kappa shape index (κ3) is 3.47. The third-order valence-corrected chi connectivity index (χ3v) is 8.47. The lowest BCUT2D eigenvalue weighted by atomic mass is 10.1. The van der Waals surface area contributed by atoms with E-state index in [4.69, 9.17) is 0 Å². The average Bonchev–Trinajstić information content (AvgIpc) is 3.58. The molecule has 3 nitrogen and oxygen atoms in total. The van der Waals surface area contributed by atoms with Gasteiger partial charge in [-0.15, -0.1) is 34.0 Å². The summed E-state index contributed by atoms with van der Waals surface area (Å²) >= 11 is 4.98. The van der Waals surface area contributed by atoms with Gasteiger partial charge in [0.25, 0.3) is 5.91 Å². The highest BCUT2D eigenvalue weighted by molar-refractivity contribution is 7.24. The van der Waals surface area contributed by atoms with E-state index in [0.717, 1.165) is 31.4 Å². The van der Waals surface area contributed by atoms with Crippen LogP contribution in [-0.4, -0.2) is 13.0 Å². The number of nitrogens with zero attached hydrogens (tertiary/aromatic N) is 2. The van der Waals surface area contributed by atoms with Crippen molar-refractivity contribution in [2.45, 2.75) is 0 Å². The monoisotopic (exact) mass is 456 g/mol. The Morgan fingerprint density at radius 2 is 1.84 bits per heavy atom. The SMILES string of the molecule is C=C1C(=O)N(C)c2cc(-c3ccc(-c4ccc(/C=C(\C#N)c5cccs5)s4)s3)ccc21. The van der Waals surface area contributed by atoms with E-state index in [1.165, 1.54) is 9.75 Å². The van der Waals surface area contributed by atoms with E-state index < -0.39 is 0 Å². The van der Waals surface area contributed by atoms with Crippen molar-refractivity contribution in [3.05, 3.63) is 81.9 Å².